The highest BCUT2D eigenvalue weighted by molar-refractivity contribution is 5.90. The first kappa shape index (κ1) is 11.4. The first-order valence-corrected chi connectivity index (χ1v) is 5.57. The van der Waals surface area contributed by atoms with E-state index in [1.165, 1.54) is 18.2 Å². The normalized spacial score (nSPS) is 10.1. The van der Waals surface area contributed by atoms with E-state index in [9.17, 15) is 4.79 Å². The lowest BCUT2D eigenvalue weighted by atomic mass is 10.1. The number of carbonyl (C=O) groups excluding carboxylic acids is 1. The van der Waals surface area contributed by atoms with Crippen LogP contribution in [-0.2, 0) is 6.42 Å². The third-order valence-corrected chi connectivity index (χ3v) is 2.43. The van der Waals surface area contributed by atoms with E-state index in [-0.39, 0.29) is 11.7 Å². The summed E-state index contributed by atoms with van der Waals surface area (Å²) in [5, 5.41) is 2.78. The summed E-state index contributed by atoms with van der Waals surface area (Å²) < 4.78 is 4.89. The molecular weight excluding hydrogens is 216 g/mol. The molecule has 0 unspecified atom stereocenters. The maximum Gasteiger partial charge on any atom is 0.288 e. The lowest BCUT2D eigenvalue weighted by Gasteiger charge is -2.03. The molecule has 4 nitrogen and oxygen atoms in total. The first-order chi connectivity index (χ1) is 8.36. The first-order valence-electron chi connectivity index (χ1n) is 5.57. The van der Waals surface area contributed by atoms with Crippen molar-refractivity contribution in [2.24, 2.45) is 0 Å². The van der Waals surface area contributed by atoms with Crippen LogP contribution in [0, 0.1) is 0 Å². The molecule has 1 aromatic heterocycles. The van der Waals surface area contributed by atoms with E-state index in [1.807, 2.05) is 18.2 Å². The van der Waals surface area contributed by atoms with E-state index in [1.54, 1.807) is 0 Å². The predicted octanol–water partition coefficient (Wildman–Crippen LogP) is 2.04. The molecule has 0 saturated carbocycles. The molecule has 0 radical (unpaired) electrons. The Kier molecular flexibility index (Phi) is 3.91. The molecular formula is C13H14N2O2. The van der Waals surface area contributed by atoms with Gasteiger partial charge in [-0.25, -0.2) is 4.98 Å². The van der Waals surface area contributed by atoms with Gasteiger partial charge in [0.05, 0.1) is 6.20 Å². The van der Waals surface area contributed by atoms with Crippen molar-refractivity contribution in [2.75, 3.05) is 6.54 Å². The van der Waals surface area contributed by atoms with Gasteiger partial charge in [0.25, 0.3) is 5.91 Å². The fraction of sp³-hybridized carbons (Fsp3) is 0.231. The molecule has 2 rings (SSSR count). The zero-order chi connectivity index (χ0) is 11.9. The van der Waals surface area contributed by atoms with E-state index in [4.69, 9.17) is 4.42 Å². The van der Waals surface area contributed by atoms with Crippen LogP contribution in [0.4, 0.5) is 0 Å². The number of amides is 1. The summed E-state index contributed by atoms with van der Waals surface area (Å²) in [6, 6.07) is 10.2. The second-order valence-electron chi connectivity index (χ2n) is 3.71. The third-order valence-electron chi connectivity index (χ3n) is 2.43. The summed E-state index contributed by atoms with van der Waals surface area (Å²) >= 11 is 0. The van der Waals surface area contributed by atoms with Crippen LogP contribution in [0.3, 0.4) is 0 Å². The predicted molar refractivity (Wildman–Crippen MR) is 63.6 cm³/mol. The summed E-state index contributed by atoms with van der Waals surface area (Å²) in [6.45, 7) is 0.633. The molecule has 17 heavy (non-hydrogen) atoms. The minimum absolute atomic E-state index is 0.212. The molecule has 1 aromatic carbocycles. The Labute approximate surface area is 99.7 Å². The van der Waals surface area contributed by atoms with Gasteiger partial charge in [-0.05, 0) is 18.4 Å². The van der Waals surface area contributed by atoms with Gasteiger partial charge in [-0.3, -0.25) is 4.79 Å². The van der Waals surface area contributed by atoms with Crippen molar-refractivity contribution >= 4 is 5.91 Å². The summed E-state index contributed by atoms with van der Waals surface area (Å²) in [6.07, 6.45) is 4.52. The summed E-state index contributed by atoms with van der Waals surface area (Å²) in [5.41, 5.74) is 1.28. The smallest absolute Gasteiger partial charge is 0.288 e. The van der Waals surface area contributed by atoms with Crippen LogP contribution in [0.15, 0.2) is 47.3 Å². The minimum Gasteiger partial charge on any atom is -0.438 e. The van der Waals surface area contributed by atoms with E-state index >= 15 is 0 Å². The molecule has 1 N–H and O–H groups in total. The van der Waals surface area contributed by atoms with Gasteiger partial charge < -0.3 is 9.73 Å². The van der Waals surface area contributed by atoms with Gasteiger partial charge in [-0.15, -0.1) is 0 Å². The van der Waals surface area contributed by atoms with Gasteiger partial charge in [0, 0.05) is 6.54 Å². The van der Waals surface area contributed by atoms with Gasteiger partial charge >= 0.3 is 0 Å². The van der Waals surface area contributed by atoms with Gasteiger partial charge in [-0.2, -0.15) is 0 Å². The molecule has 0 saturated heterocycles. The fourth-order valence-corrected chi connectivity index (χ4v) is 1.55. The highest BCUT2D eigenvalue weighted by Crippen LogP contribution is 2.02. The average molecular weight is 230 g/mol. The Morgan fingerprint density at radius 1 is 1.29 bits per heavy atom. The van der Waals surface area contributed by atoms with Crippen molar-refractivity contribution in [1.82, 2.24) is 10.3 Å². The van der Waals surface area contributed by atoms with Crippen molar-refractivity contribution in [3.05, 3.63) is 54.2 Å². The largest absolute Gasteiger partial charge is 0.438 e. The number of aromatic nitrogens is 1. The molecule has 4 heteroatoms. The van der Waals surface area contributed by atoms with E-state index in [0.29, 0.717) is 6.54 Å². The Morgan fingerprint density at radius 2 is 2.12 bits per heavy atom. The second-order valence-corrected chi connectivity index (χ2v) is 3.71. The zero-order valence-corrected chi connectivity index (χ0v) is 9.43. The van der Waals surface area contributed by atoms with Crippen LogP contribution in [0.2, 0.25) is 0 Å². The number of oxazole rings is 1. The number of carbonyl (C=O) groups is 1. The Balaban J connectivity index is 1.69. The molecule has 0 atom stereocenters. The fourth-order valence-electron chi connectivity index (χ4n) is 1.55. The number of hydrogen-bond donors (Lipinski definition) is 1. The van der Waals surface area contributed by atoms with Crippen molar-refractivity contribution in [2.45, 2.75) is 12.8 Å². The molecule has 1 amide bonds. The van der Waals surface area contributed by atoms with Crippen LogP contribution < -0.4 is 5.32 Å². The lowest BCUT2D eigenvalue weighted by Crippen LogP contribution is -2.24. The van der Waals surface area contributed by atoms with Gasteiger partial charge in [0.1, 0.15) is 0 Å². The number of aryl methyl sites for hydroxylation is 1. The van der Waals surface area contributed by atoms with Crippen molar-refractivity contribution in [1.29, 1.82) is 0 Å². The minimum atomic E-state index is -0.212. The summed E-state index contributed by atoms with van der Waals surface area (Å²) in [4.78, 5) is 15.2. The molecule has 0 aliphatic heterocycles. The zero-order valence-electron chi connectivity index (χ0n) is 9.43. The highest BCUT2D eigenvalue weighted by atomic mass is 16.3. The van der Waals surface area contributed by atoms with Crippen LogP contribution in [0.1, 0.15) is 22.5 Å². The van der Waals surface area contributed by atoms with Gasteiger partial charge in [0.2, 0.25) is 5.76 Å². The van der Waals surface area contributed by atoms with Crippen molar-refractivity contribution in [3.63, 3.8) is 0 Å². The summed E-state index contributed by atoms with van der Waals surface area (Å²) in [5.74, 6) is 0.0419. The number of rotatable bonds is 5. The maximum atomic E-state index is 11.5. The molecule has 0 bridgehead atoms. The van der Waals surface area contributed by atoms with Crippen LogP contribution >= 0.6 is 0 Å². The van der Waals surface area contributed by atoms with Crippen LogP contribution in [0.5, 0.6) is 0 Å². The number of nitrogens with zero attached hydrogens (tertiary/aromatic N) is 1. The number of benzene rings is 1. The van der Waals surface area contributed by atoms with E-state index in [2.05, 4.69) is 22.4 Å². The number of hydrogen-bond acceptors (Lipinski definition) is 3. The molecule has 0 fully saturated rings. The maximum absolute atomic E-state index is 11.5. The Hall–Kier alpha value is -2.10. The standard InChI is InChI=1S/C13H14N2O2/c16-13(12-9-14-10-17-12)15-8-4-7-11-5-2-1-3-6-11/h1-3,5-6,9-10H,4,7-8H2,(H,15,16). The molecule has 0 spiro atoms. The van der Waals surface area contributed by atoms with Crippen LogP contribution in [-0.4, -0.2) is 17.4 Å². The van der Waals surface area contributed by atoms with Crippen molar-refractivity contribution in [3.8, 4) is 0 Å². The van der Waals surface area contributed by atoms with E-state index < -0.39 is 0 Å². The van der Waals surface area contributed by atoms with Crippen LogP contribution in [0.25, 0.3) is 0 Å². The molecule has 0 aliphatic carbocycles. The summed E-state index contributed by atoms with van der Waals surface area (Å²) in [7, 11) is 0. The third kappa shape index (κ3) is 3.45. The van der Waals surface area contributed by atoms with E-state index in [0.717, 1.165) is 12.8 Å². The van der Waals surface area contributed by atoms with Gasteiger partial charge in [0.15, 0.2) is 6.39 Å². The molecule has 1 heterocycles. The second kappa shape index (κ2) is 5.84. The molecule has 0 aliphatic rings. The molecule has 2 aromatic rings. The Bertz CT molecular complexity index is 452. The van der Waals surface area contributed by atoms with Gasteiger partial charge in [-0.1, -0.05) is 30.3 Å². The van der Waals surface area contributed by atoms with Crippen molar-refractivity contribution < 1.29 is 9.21 Å². The SMILES string of the molecule is O=C(NCCCc1ccccc1)c1cnco1. The monoisotopic (exact) mass is 230 g/mol. The average Bonchev–Trinajstić information content (AvgIpc) is 2.89. The Morgan fingerprint density at radius 3 is 2.82 bits per heavy atom. The topological polar surface area (TPSA) is 55.1 Å². The number of nitrogens with one attached hydrogen (secondary N) is 1. The molecule has 88 valence electrons. The quantitative estimate of drug-likeness (QED) is 0.800. The lowest BCUT2D eigenvalue weighted by molar-refractivity contribution is 0.0925. The highest BCUT2D eigenvalue weighted by Gasteiger charge is 2.07.